The van der Waals surface area contributed by atoms with Gasteiger partial charge in [0.15, 0.2) is 5.78 Å². The van der Waals surface area contributed by atoms with Gasteiger partial charge in [0.2, 0.25) is 5.95 Å². The fraction of sp³-hybridized carbons (Fsp3) is 0.522. The molecule has 2 aliphatic heterocycles. The van der Waals surface area contributed by atoms with Gasteiger partial charge in [0.25, 0.3) is 5.56 Å². The number of nitrogens with zero attached hydrogens (tertiary/aromatic N) is 5. The first kappa shape index (κ1) is 22.3. The number of piperidine rings is 1. The van der Waals surface area contributed by atoms with Gasteiger partial charge >= 0.3 is 6.09 Å². The summed E-state index contributed by atoms with van der Waals surface area (Å²) in [5.41, 5.74) is 0.756. The number of hydrogen-bond donors (Lipinski definition) is 2. The second-order valence-corrected chi connectivity index (χ2v) is 10.1. The van der Waals surface area contributed by atoms with Crippen molar-refractivity contribution in [3.63, 3.8) is 0 Å². The number of H-pyrrole nitrogens is 1. The number of nitrogens with one attached hydrogen (secondary N) is 2. The van der Waals surface area contributed by atoms with Crippen molar-refractivity contribution in [2.45, 2.75) is 58.2 Å². The van der Waals surface area contributed by atoms with Crippen molar-refractivity contribution in [3.8, 4) is 5.95 Å². The molecule has 2 saturated heterocycles. The lowest BCUT2D eigenvalue weighted by atomic mass is 9.81. The zero-order valence-electron chi connectivity index (χ0n) is 19.7. The van der Waals surface area contributed by atoms with Crippen molar-refractivity contribution in [1.82, 2.24) is 34.6 Å². The minimum atomic E-state index is -0.543. The van der Waals surface area contributed by atoms with E-state index in [1.54, 1.807) is 36.4 Å². The largest absolute Gasteiger partial charge is 0.444 e. The molecule has 11 heteroatoms. The standard InChI is InChI=1S/C23H29N7O4/c1-13-17(10-24-30(13)21-26-20(32)18-6-5-7-29(18)27-21)19(31)14-8-15-11-28(12-16(9-14)25-15)22(33)34-23(2,3)4/h5-7,10,14-16,25H,8-9,11-12H2,1-4H3,(H,26,27,32). The maximum Gasteiger partial charge on any atom is 0.410 e. The number of carbonyl (C=O) groups excluding carboxylic acids is 2. The summed E-state index contributed by atoms with van der Waals surface area (Å²) < 4.78 is 8.50. The molecule has 0 saturated carbocycles. The van der Waals surface area contributed by atoms with Crippen LogP contribution >= 0.6 is 0 Å². The first-order valence-electron chi connectivity index (χ1n) is 11.5. The van der Waals surface area contributed by atoms with Crippen molar-refractivity contribution in [2.24, 2.45) is 5.92 Å². The van der Waals surface area contributed by atoms with Gasteiger partial charge < -0.3 is 15.0 Å². The van der Waals surface area contributed by atoms with Gasteiger partial charge in [0.05, 0.1) is 17.5 Å². The summed E-state index contributed by atoms with van der Waals surface area (Å²) in [6.45, 7) is 8.38. The summed E-state index contributed by atoms with van der Waals surface area (Å²) in [7, 11) is 0. The number of aromatic amines is 1. The minimum absolute atomic E-state index is 0.0235. The summed E-state index contributed by atoms with van der Waals surface area (Å²) in [4.78, 5) is 42.8. The molecule has 2 aliphatic rings. The number of fused-ring (bicyclic) bond motifs is 3. The fourth-order valence-electron chi connectivity index (χ4n) is 4.92. The molecule has 0 aliphatic carbocycles. The second kappa shape index (κ2) is 8.08. The Hall–Kier alpha value is -3.47. The van der Waals surface area contributed by atoms with E-state index >= 15 is 0 Å². The molecule has 5 heterocycles. The highest BCUT2D eigenvalue weighted by Crippen LogP contribution is 2.29. The number of ether oxygens (including phenoxy) is 1. The van der Waals surface area contributed by atoms with Crippen LogP contribution in [0.1, 0.15) is 49.7 Å². The zero-order valence-corrected chi connectivity index (χ0v) is 19.7. The van der Waals surface area contributed by atoms with Gasteiger partial charge in [-0.1, -0.05) is 0 Å². The average Bonchev–Trinajstić information content (AvgIpc) is 3.38. The summed E-state index contributed by atoms with van der Waals surface area (Å²) >= 11 is 0. The van der Waals surface area contributed by atoms with Crippen LogP contribution in [0.2, 0.25) is 0 Å². The molecule has 0 radical (unpaired) electrons. The van der Waals surface area contributed by atoms with Crippen molar-refractivity contribution in [3.05, 3.63) is 46.1 Å². The number of Topliss-reactive ketones (excluding diaryl/α,β-unsaturated/α-hetero) is 1. The molecule has 2 N–H and O–H groups in total. The molecule has 180 valence electrons. The Morgan fingerprint density at radius 1 is 1.18 bits per heavy atom. The lowest BCUT2D eigenvalue weighted by Crippen LogP contribution is -2.62. The lowest BCUT2D eigenvalue weighted by molar-refractivity contribution is 0.00857. The predicted molar refractivity (Wildman–Crippen MR) is 123 cm³/mol. The summed E-state index contributed by atoms with van der Waals surface area (Å²) in [6, 6.07) is 3.47. The van der Waals surface area contributed by atoms with Crippen LogP contribution in [0.15, 0.2) is 29.3 Å². The van der Waals surface area contributed by atoms with Gasteiger partial charge in [-0.15, -0.1) is 5.10 Å². The molecule has 11 nitrogen and oxygen atoms in total. The van der Waals surface area contributed by atoms with Gasteiger partial charge in [-0.05, 0) is 52.7 Å². The van der Waals surface area contributed by atoms with Gasteiger partial charge in [0, 0.05) is 37.3 Å². The van der Waals surface area contributed by atoms with Gasteiger partial charge in [-0.2, -0.15) is 5.10 Å². The average molecular weight is 468 g/mol. The number of hydrogen-bond acceptors (Lipinski definition) is 7. The normalized spacial score (nSPS) is 22.7. The van der Waals surface area contributed by atoms with E-state index in [2.05, 4.69) is 20.5 Å². The summed E-state index contributed by atoms with van der Waals surface area (Å²) in [5.74, 6) is 0.100. The molecule has 2 bridgehead atoms. The topological polar surface area (TPSA) is 127 Å². The number of aromatic nitrogens is 5. The maximum absolute atomic E-state index is 13.5. The van der Waals surface area contributed by atoms with E-state index in [4.69, 9.17) is 4.74 Å². The third-order valence-corrected chi connectivity index (χ3v) is 6.38. The maximum atomic E-state index is 13.5. The molecular formula is C23H29N7O4. The highest BCUT2D eigenvalue weighted by atomic mass is 16.6. The van der Waals surface area contributed by atoms with Gasteiger partial charge in [0.1, 0.15) is 11.1 Å². The highest BCUT2D eigenvalue weighted by Gasteiger charge is 2.40. The molecule has 2 atom stereocenters. The number of piperazine rings is 1. The number of amides is 1. The molecule has 3 aromatic rings. The SMILES string of the molecule is Cc1c(C(=O)C2CC3CN(C(=O)OC(C)(C)C)CC(C2)N3)cnn1-c1nn2cccc2c(=O)[nH]1. The third kappa shape index (κ3) is 4.11. The van der Waals surface area contributed by atoms with Crippen LogP contribution in [0.5, 0.6) is 0 Å². The second-order valence-electron chi connectivity index (χ2n) is 10.1. The number of carbonyl (C=O) groups is 2. The smallest absolute Gasteiger partial charge is 0.410 e. The van der Waals surface area contributed by atoms with E-state index in [9.17, 15) is 14.4 Å². The summed E-state index contributed by atoms with van der Waals surface area (Å²) in [5, 5.41) is 12.3. The van der Waals surface area contributed by atoms with Crippen LogP contribution in [-0.2, 0) is 4.74 Å². The van der Waals surface area contributed by atoms with E-state index in [0.29, 0.717) is 42.7 Å². The lowest BCUT2D eigenvalue weighted by Gasteiger charge is -2.44. The molecule has 0 aromatic carbocycles. The number of likely N-dealkylation sites (tertiary alicyclic amines) is 1. The molecule has 34 heavy (non-hydrogen) atoms. The predicted octanol–water partition coefficient (Wildman–Crippen LogP) is 1.69. The monoisotopic (exact) mass is 467 g/mol. The van der Waals surface area contributed by atoms with E-state index in [1.165, 1.54) is 9.20 Å². The van der Waals surface area contributed by atoms with Gasteiger partial charge in [-0.25, -0.2) is 14.0 Å². The first-order chi connectivity index (χ1) is 16.1. The van der Waals surface area contributed by atoms with E-state index in [0.717, 1.165) is 0 Å². The zero-order chi connectivity index (χ0) is 24.2. The Kier molecular flexibility index (Phi) is 5.31. The van der Waals surface area contributed by atoms with Crippen molar-refractivity contribution >= 4 is 17.4 Å². The van der Waals surface area contributed by atoms with Crippen molar-refractivity contribution in [2.75, 3.05) is 13.1 Å². The van der Waals surface area contributed by atoms with Crippen LogP contribution in [0.3, 0.4) is 0 Å². The van der Waals surface area contributed by atoms with E-state index < -0.39 is 5.60 Å². The Labute approximate surface area is 196 Å². The van der Waals surface area contributed by atoms with Crippen molar-refractivity contribution < 1.29 is 14.3 Å². The molecule has 3 aromatic heterocycles. The van der Waals surface area contributed by atoms with E-state index in [1.807, 2.05) is 20.8 Å². The molecule has 5 rings (SSSR count). The van der Waals surface area contributed by atoms with Crippen LogP contribution in [0, 0.1) is 12.8 Å². The molecule has 2 unspecified atom stereocenters. The van der Waals surface area contributed by atoms with Crippen LogP contribution in [0.4, 0.5) is 4.79 Å². The molecular weight excluding hydrogens is 438 g/mol. The number of rotatable bonds is 3. The summed E-state index contributed by atoms with van der Waals surface area (Å²) in [6.07, 6.45) is 4.18. The number of ketones is 1. The highest BCUT2D eigenvalue weighted by molar-refractivity contribution is 5.98. The van der Waals surface area contributed by atoms with Gasteiger partial charge in [-0.3, -0.25) is 14.6 Å². The molecule has 2 fully saturated rings. The molecule has 0 spiro atoms. The minimum Gasteiger partial charge on any atom is -0.444 e. The Morgan fingerprint density at radius 3 is 2.56 bits per heavy atom. The first-order valence-corrected chi connectivity index (χ1v) is 11.5. The van der Waals surface area contributed by atoms with E-state index in [-0.39, 0.29) is 41.4 Å². The Balaban J connectivity index is 1.32. The van der Waals surface area contributed by atoms with Crippen LogP contribution < -0.4 is 10.9 Å². The van der Waals surface area contributed by atoms with Crippen LogP contribution in [-0.4, -0.2) is 71.9 Å². The van der Waals surface area contributed by atoms with Crippen molar-refractivity contribution in [1.29, 1.82) is 0 Å². The fourth-order valence-corrected chi connectivity index (χ4v) is 4.92. The Bertz CT molecular complexity index is 1300. The quantitative estimate of drug-likeness (QED) is 0.561. The molecule has 1 amide bonds. The van der Waals surface area contributed by atoms with Crippen LogP contribution in [0.25, 0.3) is 11.5 Å². The Morgan fingerprint density at radius 2 is 1.88 bits per heavy atom. The third-order valence-electron chi connectivity index (χ3n) is 6.38.